The van der Waals surface area contributed by atoms with Crippen LogP contribution in [0.2, 0.25) is 0 Å². The number of nitrogens with zero attached hydrogens (tertiary/aromatic N) is 3. The molecular formula is C15H8F4N4O2S2. The summed E-state index contributed by atoms with van der Waals surface area (Å²) >= 11 is 1.13. The van der Waals surface area contributed by atoms with Crippen LogP contribution in [0, 0.1) is 5.82 Å². The Morgan fingerprint density at radius 2 is 1.96 bits per heavy atom. The molecule has 0 aromatic carbocycles. The van der Waals surface area contributed by atoms with E-state index >= 15 is 0 Å². The number of carbonyl (C=O) groups is 1. The van der Waals surface area contributed by atoms with Crippen LogP contribution in [-0.2, 0) is 11.0 Å². The zero-order chi connectivity index (χ0) is 19.6. The zero-order valence-electron chi connectivity index (χ0n) is 13.0. The molecule has 0 aliphatic heterocycles. The quantitative estimate of drug-likeness (QED) is 0.660. The molecule has 0 aliphatic carbocycles. The molecule has 12 heteroatoms. The molecule has 0 spiro atoms. The number of carbonyl (C=O) groups excluding carboxylic acids is 1. The largest absolute Gasteiger partial charge is 0.490 e. The maximum Gasteiger partial charge on any atom is 0.490 e. The van der Waals surface area contributed by atoms with E-state index in [1.54, 1.807) is 0 Å². The number of thiazole rings is 1. The second kappa shape index (κ2) is 7.48. The third kappa shape index (κ3) is 4.52. The van der Waals surface area contributed by atoms with Crippen molar-refractivity contribution in [3.8, 4) is 21.1 Å². The van der Waals surface area contributed by atoms with Crippen LogP contribution >= 0.6 is 11.3 Å². The Morgan fingerprint density at radius 1 is 1.19 bits per heavy atom. The molecule has 0 aliphatic rings. The Kier molecular flexibility index (Phi) is 5.28. The highest BCUT2D eigenvalue weighted by atomic mass is 32.2. The summed E-state index contributed by atoms with van der Waals surface area (Å²) < 4.78 is 62.4. The Bertz CT molecular complexity index is 1020. The van der Waals surface area contributed by atoms with Gasteiger partial charge in [-0.15, -0.1) is 11.3 Å². The van der Waals surface area contributed by atoms with E-state index in [0.717, 1.165) is 17.5 Å². The molecule has 3 aromatic rings. The number of nitrogens with one attached hydrogen (secondary N) is 1. The number of halogens is 4. The van der Waals surface area contributed by atoms with Crippen molar-refractivity contribution in [2.75, 3.05) is 0 Å². The molecule has 6 nitrogen and oxygen atoms in total. The lowest BCUT2D eigenvalue weighted by atomic mass is 10.2. The van der Waals surface area contributed by atoms with Gasteiger partial charge < -0.3 is 0 Å². The minimum atomic E-state index is -5.07. The molecule has 3 aromatic heterocycles. The Labute approximate surface area is 155 Å². The molecule has 0 fully saturated rings. The summed E-state index contributed by atoms with van der Waals surface area (Å²) in [6.45, 7) is 0. The minimum Gasteiger partial charge on any atom is -0.266 e. The van der Waals surface area contributed by atoms with E-state index in [-0.39, 0.29) is 11.4 Å². The van der Waals surface area contributed by atoms with Crippen LogP contribution < -0.4 is 4.72 Å². The van der Waals surface area contributed by atoms with Crippen LogP contribution in [0.15, 0.2) is 42.9 Å². The predicted octanol–water partition coefficient (Wildman–Crippen LogP) is 3.32. The maximum atomic E-state index is 13.3. The molecule has 1 amide bonds. The van der Waals surface area contributed by atoms with Crippen molar-refractivity contribution in [1.29, 1.82) is 0 Å². The number of hydrogen-bond acceptors (Lipinski definition) is 6. The molecule has 0 saturated carbocycles. The first-order chi connectivity index (χ1) is 12.7. The molecule has 0 radical (unpaired) electrons. The van der Waals surface area contributed by atoms with Crippen molar-refractivity contribution in [2.45, 2.75) is 5.51 Å². The Morgan fingerprint density at radius 3 is 2.67 bits per heavy atom. The normalized spacial score (nSPS) is 12.6. The fourth-order valence-corrected chi connectivity index (χ4v) is 3.20. The molecule has 3 heterocycles. The lowest BCUT2D eigenvalue weighted by Gasteiger charge is -2.07. The summed E-state index contributed by atoms with van der Waals surface area (Å²) in [5.74, 6) is -1.76. The fourth-order valence-electron chi connectivity index (χ4n) is 1.95. The summed E-state index contributed by atoms with van der Waals surface area (Å²) in [5.41, 5.74) is -4.69. The lowest BCUT2D eigenvalue weighted by Crippen LogP contribution is -2.35. The molecular weight excluding hydrogens is 408 g/mol. The smallest absolute Gasteiger partial charge is 0.266 e. The van der Waals surface area contributed by atoms with E-state index in [1.165, 1.54) is 41.4 Å². The molecule has 1 atom stereocenters. The molecule has 0 saturated heterocycles. The lowest BCUT2D eigenvalue weighted by molar-refractivity contribution is -0.0393. The number of alkyl halides is 3. The summed E-state index contributed by atoms with van der Waals surface area (Å²) in [4.78, 5) is 24.2. The third-order valence-corrected chi connectivity index (χ3v) is 4.95. The van der Waals surface area contributed by atoms with Gasteiger partial charge in [0.2, 0.25) is 11.0 Å². The summed E-state index contributed by atoms with van der Waals surface area (Å²) in [5, 5.41) is 0.451. The SMILES string of the molecule is O=C(NS(=O)C(F)(F)F)c1cccc(-c2cnc(-c3cncc(F)c3)s2)n1. The van der Waals surface area contributed by atoms with Gasteiger partial charge in [0.05, 0.1) is 16.8 Å². The minimum absolute atomic E-state index is 0.272. The van der Waals surface area contributed by atoms with Gasteiger partial charge in [-0.05, 0) is 18.2 Å². The highest BCUT2D eigenvalue weighted by Crippen LogP contribution is 2.31. The molecule has 1 N–H and O–H groups in total. The van der Waals surface area contributed by atoms with E-state index in [2.05, 4.69) is 15.0 Å². The molecule has 140 valence electrons. The van der Waals surface area contributed by atoms with E-state index in [0.29, 0.717) is 15.4 Å². The maximum absolute atomic E-state index is 13.3. The van der Waals surface area contributed by atoms with Crippen molar-refractivity contribution in [3.63, 3.8) is 0 Å². The van der Waals surface area contributed by atoms with Gasteiger partial charge in [0, 0.05) is 18.0 Å². The van der Waals surface area contributed by atoms with Crippen LogP contribution in [0.25, 0.3) is 21.1 Å². The van der Waals surface area contributed by atoms with Gasteiger partial charge in [-0.25, -0.2) is 18.6 Å². The number of pyridine rings is 2. The van der Waals surface area contributed by atoms with Crippen LogP contribution in [0.5, 0.6) is 0 Å². The average Bonchev–Trinajstić information content (AvgIpc) is 3.11. The van der Waals surface area contributed by atoms with Crippen LogP contribution in [0.3, 0.4) is 0 Å². The predicted molar refractivity (Wildman–Crippen MR) is 90.2 cm³/mol. The van der Waals surface area contributed by atoms with Gasteiger partial charge >= 0.3 is 5.51 Å². The first-order valence-electron chi connectivity index (χ1n) is 7.08. The Hall–Kier alpha value is -2.73. The number of rotatable bonds is 4. The standard InChI is InChI=1S/C15H8F4N4O2S2/c16-9-4-8(5-20-6-9)14-21-7-12(26-14)10-2-1-3-11(22-10)13(24)23-27(25)15(17,18)19/h1-7H,(H,23,24). The van der Waals surface area contributed by atoms with E-state index in [9.17, 15) is 26.6 Å². The monoisotopic (exact) mass is 416 g/mol. The van der Waals surface area contributed by atoms with Crippen LogP contribution in [0.1, 0.15) is 10.5 Å². The van der Waals surface area contributed by atoms with Crippen molar-refractivity contribution in [2.24, 2.45) is 0 Å². The second-order valence-electron chi connectivity index (χ2n) is 4.98. The Balaban J connectivity index is 1.84. The molecule has 3 rings (SSSR count). The number of hydrogen-bond donors (Lipinski definition) is 1. The van der Waals surface area contributed by atoms with E-state index < -0.39 is 28.2 Å². The summed E-state index contributed by atoms with van der Waals surface area (Å²) in [6, 6.07) is 5.37. The van der Waals surface area contributed by atoms with Crippen LogP contribution in [-0.4, -0.2) is 30.6 Å². The van der Waals surface area contributed by atoms with E-state index in [1.807, 2.05) is 0 Å². The van der Waals surface area contributed by atoms with Gasteiger partial charge in [-0.1, -0.05) is 6.07 Å². The van der Waals surface area contributed by atoms with E-state index in [4.69, 9.17) is 0 Å². The van der Waals surface area contributed by atoms with Crippen molar-refractivity contribution in [3.05, 3.63) is 54.4 Å². The van der Waals surface area contributed by atoms with Gasteiger partial charge in [0.25, 0.3) is 5.91 Å². The topological polar surface area (TPSA) is 84.8 Å². The fraction of sp³-hybridized carbons (Fsp3) is 0.0667. The summed E-state index contributed by atoms with van der Waals surface area (Å²) in [7, 11) is -3.53. The zero-order valence-corrected chi connectivity index (χ0v) is 14.7. The summed E-state index contributed by atoms with van der Waals surface area (Å²) in [6.07, 6.45) is 3.91. The highest BCUT2D eigenvalue weighted by molar-refractivity contribution is 7.84. The van der Waals surface area contributed by atoms with Gasteiger partial charge in [0.15, 0.2) is 0 Å². The highest BCUT2D eigenvalue weighted by Gasteiger charge is 2.38. The first-order valence-corrected chi connectivity index (χ1v) is 9.04. The number of amides is 1. The van der Waals surface area contributed by atoms with Crippen molar-refractivity contribution in [1.82, 2.24) is 19.7 Å². The third-order valence-electron chi connectivity index (χ3n) is 3.09. The molecule has 1 unspecified atom stereocenters. The van der Waals surface area contributed by atoms with Gasteiger partial charge in [-0.3, -0.25) is 14.5 Å². The average molecular weight is 416 g/mol. The second-order valence-corrected chi connectivity index (χ2v) is 7.21. The molecule has 0 bridgehead atoms. The van der Waals surface area contributed by atoms with Crippen LogP contribution in [0.4, 0.5) is 17.6 Å². The van der Waals surface area contributed by atoms with Crippen molar-refractivity contribution < 1.29 is 26.6 Å². The first kappa shape index (κ1) is 19.0. The molecule has 27 heavy (non-hydrogen) atoms. The van der Waals surface area contributed by atoms with Gasteiger partial charge in [0.1, 0.15) is 16.5 Å². The van der Waals surface area contributed by atoms with Crippen molar-refractivity contribution >= 4 is 28.2 Å². The van der Waals surface area contributed by atoms with Gasteiger partial charge in [-0.2, -0.15) is 13.2 Å². The number of aromatic nitrogens is 3.